The summed E-state index contributed by atoms with van der Waals surface area (Å²) in [5.74, 6) is 0.139. The largest absolute Gasteiger partial charge is 0.507 e. The number of phenolic OH excluding ortho intramolecular Hbond substituents is 1. The first-order chi connectivity index (χ1) is 4.74. The zero-order chi connectivity index (χ0) is 7.56. The second-order valence-corrected chi connectivity index (χ2v) is 2.46. The Morgan fingerprint density at radius 2 is 2.10 bits per heavy atom. The van der Waals surface area contributed by atoms with Crippen molar-refractivity contribution < 1.29 is 10.2 Å². The molecule has 3 heteroatoms. The summed E-state index contributed by atoms with van der Waals surface area (Å²) in [7, 11) is 0. The predicted molar refractivity (Wildman–Crippen MR) is 41.3 cm³/mol. The maximum Gasteiger partial charge on any atom is 0.128 e. The van der Waals surface area contributed by atoms with E-state index in [0.717, 1.165) is 5.56 Å². The zero-order valence-corrected chi connectivity index (χ0v) is 6.18. The number of aliphatic hydroxyl groups excluding tert-OH is 1. The Balaban J connectivity index is 3.04. The molecule has 0 aliphatic rings. The van der Waals surface area contributed by atoms with Gasteiger partial charge in [-0.05, 0) is 17.7 Å². The van der Waals surface area contributed by atoms with Crippen LogP contribution in [0.5, 0.6) is 5.75 Å². The van der Waals surface area contributed by atoms with E-state index in [4.69, 9.17) is 10.2 Å². The van der Waals surface area contributed by atoms with Crippen LogP contribution in [-0.4, -0.2) is 10.2 Å². The van der Waals surface area contributed by atoms with E-state index in [9.17, 15) is 0 Å². The van der Waals surface area contributed by atoms with Crippen molar-refractivity contribution in [3.05, 3.63) is 23.8 Å². The fourth-order valence-corrected chi connectivity index (χ4v) is 0.908. The molecule has 10 heavy (non-hydrogen) atoms. The van der Waals surface area contributed by atoms with Crippen LogP contribution in [0.2, 0.25) is 0 Å². The van der Waals surface area contributed by atoms with Crippen LogP contribution < -0.4 is 0 Å². The maximum absolute atomic E-state index is 8.98. The van der Waals surface area contributed by atoms with Crippen molar-refractivity contribution in [2.24, 2.45) is 0 Å². The van der Waals surface area contributed by atoms with Crippen LogP contribution in [-0.2, 0) is 6.61 Å². The molecule has 0 bridgehead atoms. The SMILES string of the molecule is OCc1ccc(O)c(S)c1. The summed E-state index contributed by atoms with van der Waals surface area (Å²) in [5, 5.41) is 17.6. The number of phenols is 1. The number of hydrogen-bond donors (Lipinski definition) is 3. The molecular weight excluding hydrogens is 148 g/mol. The van der Waals surface area contributed by atoms with E-state index in [1.807, 2.05) is 0 Å². The molecule has 2 nitrogen and oxygen atoms in total. The van der Waals surface area contributed by atoms with E-state index < -0.39 is 0 Å². The number of thiol groups is 1. The molecule has 0 radical (unpaired) electrons. The molecule has 1 rings (SSSR count). The van der Waals surface area contributed by atoms with Gasteiger partial charge < -0.3 is 10.2 Å². The van der Waals surface area contributed by atoms with Crippen LogP contribution in [0.1, 0.15) is 5.56 Å². The first-order valence-electron chi connectivity index (χ1n) is 2.86. The Morgan fingerprint density at radius 1 is 1.40 bits per heavy atom. The Labute approximate surface area is 64.5 Å². The van der Waals surface area contributed by atoms with Gasteiger partial charge in [-0.2, -0.15) is 0 Å². The summed E-state index contributed by atoms with van der Waals surface area (Å²) in [6.07, 6.45) is 0. The van der Waals surface area contributed by atoms with E-state index in [0.29, 0.717) is 4.90 Å². The van der Waals surface area contributed by atoms with Crippen LogP contribution in [0.25, 0.3) is 0 Å². The molecule has 2 N–H and O–H groups in total. The third-order valence-corrected chi connectivity index (χ3v) is 1.58. The van der Waals surface area contributed by atoms with Crippen molar-refractivity contribution >= 4 is 12.6 Å². The lowest BCUT2D eigenvalue weighted by Gasteiger charge is -1.98. The average Bonchev–Trinajstić information content (AvgIpc) is 1.95. The van der Waals surface area contributed by atoms with E-state index >= 15 is 0 Å². The number of aromatic hydroxyl groups is 1. The van der Waals surface area contributed by atoms with Crippen molar-refractivity contribution in [2.75, 3.05) is 0 Å². The number of rotatable bonds is 1. The van der Waals surface area contributed by atoms with Crippen LogP contribution in [0.15, 0.2) is 23.1 Å². The Morgan fingerprint density at radius 3 is 2.60 bits per heavy atom. The molecule has 0 aromatic heterocycles. The second-order valence-electron chi connectivity index (χ2n) is 1.98. The quantitative estimate of drug-likeness (QED) is 0.534. The predicted octanol–water partition coefficient (Wildman–Crippen LogP) is 1.17. The van der Waals surface area contributed by atoms with E-state index in [1.165, 1.54) is 6.07 Å². The van der Waals surface area contributed by atoms with Gasteiger partial charge in [-0.3, -0.25) is 0 Å². The molecule has 1 aromatic carbocycles. The first kappa shape index (κ1) is 7.44. The summed E-state index contributed by atoms with van der Waals surface area (Å²) in [5.41, 5.74) is 0.753. The van der Waals surface area contributed by atoms with Gasteiger partial charge in [-0.25, -0.2) is 0 Å². The molecular formula is C7H8O2S. The molecule has 0 amide bonds. The third kappa shape index (κ3) is 1.43. The van der Waals surface area contributed by atoms with Crippen LogP contribution in [0.4, 0.5) is 0 Å². The van der Waals surface area contributed by atoms with E-state index in [2.05, 4.69) is 12.6 Å². The monoisotopic (exact) mass is 156 g/mol. The number of hydrogen-bond acceptors (Lipinski definition) is 3. The lowest BCUT2D eigenvalue weighted by Crippen LogP contribution is -1.81. The third-order valence-electron chi connectivity index (χ3n) is 1.22. The molecule has 0 saturated heterocycles. The van der Waals surface area contributed by atoms with Crippen molar-refractivity contribution in [2.45, 2.75) is 11.5 Å². The van der Waals surface area contributed by atoms with Crippen molar-refractivity contribution in [3.8, 4) is 5.75 Å². The van der Waals surface area contributed by atoms with Crippen molar-refractivity contribution in [1.29, 1.82) is 0 Å². The van der Waals surface area contributed by atoms with Gasteiger partial charge in [0.1, 0.15) is 5.75 Å². The van der Waals surface area contributed by atoms with Gasteiger partial charge in [0, 0.05) is 4.90 Å². The molecule has 0 unspecified atom stereocenters. The number of aliphatic hydroxyl groups is 1. The van der Waals surface area contributed by atoms with Gasteiger partial charge >= 0.3 is 0 Å². The normalized spacial score (nSPS) is 9.80. The Hall–Kier alpha value is -0.670. The summed E-state index contributed by atoms with van der Waals surface area (Å²) >= 11 is 3.96. The minimum absolute atomic E-state index is 0.0200. The lowest BCUT2D eigenvalue weighted by molar-refractivity contribution is 0.281. The molecule has 0 spiro atoms. The van der Waals surface area contributed by atoms with Crippen LogP contribution in [0, 0.1) is 0 Å². The standard InChI is InChI=1S/C7H8O2S/c8-4-5-1-2-6(9)7(10)3-5/h1-3,8-10H,4H2. The summed E-state index contributed by atoms with van der Waals surface area (Å²) < 4.78 is 0. The topological polar surface area (TPSA) is 40.5 Å². The number of benzene rings is 1. The highest BCUT2D eigenvalue weighted by Crippen LogP contribution is 2.21. The van der Waals surface area contributed by atoms with Gasteiger partial charge in [-0.15, -0.1) is 12.6 Å². The molecule has 0 aliphatic carbocycles. The molecule has 1 aromatic rings. The van der Waals surface area contributed by atoms with Gasteiger partial charge in [0.25, 0.3) is 0 Å². The highest BCUT2D eigenvalue weighted by Gasteiger charge is 1.95. The second kappa shape index (κ2) is 2.94. The summed E-state index contributed by atoms with van der Waals surface area (Å²) in [6, 6.07) is 4.78. The highest BCUT2D eigenvalue weighted by molar-refractivity contribution is 7.80. The molecule has 0 fully saturated rings. The van der Waals surface area contributed by atoms with E-state index in [1.54, 1.807) is 12.1 Å². The smallest absolute Gasteiger partial charge is 0.128 e. The molecule has 0 heterocycles. The first-order valence-corrected chi connectivity index (χ1v) is 3.30. The van der Waals surface area contributed by atoms with Gasteiger partial charge in [0.15, 0.2) is 0 Å². The molecule has 0 aliphatic heterocycles. The molecule has 0 atom stereocenters. The van der Waals surface area contributed by atoms with Crippen molar-refractivity contribution in [1.82, 2.24) is 0 Å². The molecule has 54 valence electrons. The summed E-state index contributed by atoms with van der Waals surface area (Å²) in [4.78, 5) is 0.492. The van der Waals surface area contributed by atoms with Crippen LogP contribution >= 0.6 is 12.6 Å². The van der Waals surface area contributed by atoms with E-state index in [-0.39, 0.29) is 12.4 Å². The highest BCUT2D eigenvalue weighted by atomic mass is 32.1. The minimum atomic E-state index is -0.0200. The van der Waals surface area contributed by atoms with Gasteiger partial charge in [0.05, 0.1) is 6.61 Å². The fourth-order valence-electron chi connectivity index (χ4n) is 0.667. The lowest BCUT2D eigenvalue weighted by atomic mass is 10.2. The zero-order valence-electron chi connectivity index (χ0n) is 5.28. The Kier molecular flexibility index (Phi) is 2.19. The van der Waals surface area contributed by atoms with Gasteiger partial charge in [0.2, 0.25) is 0 Å². The molecule has 0 saturated carbocycles. The van der Waals surface area contributed by atoms with Crippen molar-refractivity contribution in [3.63, 3.8) is 0 Å². The maximum atomic E-state index is 8.98. The fraction of sp³-hybridized carbons (Fsp3) is 0.143. The minimum Gasteiger partial charge on any atom is -0.507 e. The van der Waals surface area contributed by atoms with Gasteiger partial charge in [-0.1, -0.05) is 6.07 Å². The Bertz CT molecular complexity index is 235. The van der Waals surface area contributed by atoms with Crippen LogP contribution in [0.3, 0.4) is 0 Å². The average molecular weight is 156 g/mol. The summed E-state index contributed by atoms with van der Waals surface area (Å²) in [6.45, 7) is -0.0200.